The maximum Gasteiger partial charge on any atom is 0.251 e. The molecule has 0 spiro atoms. The topological polar surface area (TPSA) is 90.7 Å². The summed E-state index contributed by atoms with van der Waals surface area (Å²) in [6.45, 7) is 7.84. The fourth-order valence-corrected chi connectivity index (χ4v) is 5.19. The van der Waals surface area contributed by atoms with Gasteiger partial charge in [-0.1, -0.05) is 56.8 Å². The Hall–Kier alpha value is -1.67. The second-order valence-electron chi connectivity index (χ2n) is 10.3. The monoisotopic (exact) mass is 491 g/mol. The number of nitrogens with zero attached hydrogens (tertiary/aromatic N) is 2. The van der Waals surface area contributed by atoms with Gasteiger partial charge in [-0.2, -0.15) is 0 Å². The number of amides is 2. The Morgan fingerprint density at radius 1 is 1.09 bits per heavy atom. The average molecular weight is 492 g/mol. The Kier molecular flexibility index (Phi) is 10.2. The van der Waals surface area contributed by atoms with Crippen LogP contribution < -0.4 is 16.5 Å². The molecule has 4 N–H and O–H groups in total. The van der Waals surface area contributed by atoms with Crippen LogP contribution >= 0.6 is 11.6 Å². The second-order valence-corrected chi connectivity index (χ2v) is 10.8. The standard InChI is InChI=1S/C26H42ClN5O2/c1-18(2)26(34)32(22-7-5-4-6-8-22)23-13-14-31(17-23)30-25(33)24(29-16-19(3)28)15-20-9-11-21(27)12-10-20/h9-12,18-19,22-24,29H,4-8,13-17,28H2,1-3H3,(H,30,33)/t19?,23-,24+/m0/s1. The molecule has 1 aliphatic carbocycles. The number of rotatable bonds is 10. The molecule has 1 saturated heterocycles. The molecule has 1 aromatic carbocycles. The smallest absolute Gasteiger partial charge is 0.251 e. The zero-order valence-electron chi connectivity index (χ0n) is 20.9. The van der Waals surface area contributed by atoms with Crippen LogP contribution in [0.5, 0.6) is 0 Å². The van der Waals surface area contributed by atoms with Crippen LogP contribution in [0, 0.1) is 5.92 Å². The Labute approximate surface area is 209 Å². The van der Waals surface area contributed by atoms with Gasteiger partial charge in [0.25, 0.3) is 5.91 Å². The largest absolute Gasteiger partial charge is 0.335 e. The summed E-state index contributed by atoms with van der Waals surface area (Å²) in [7, 11) is 0. The minimum atomic E-state index is -0.405. The Morgan fingerprint density at radius 3 is 2.38 bits per heavy atom. The first-order valence-corrected chi connectivity index (χ1v) is 13.2. The summed E-state index contributed by atoms with van der Waals surface area (Å²) in [5.74, 6) is 0.150. The van der Waals surface area contributed by atoms with E-state index in [9.17, 15) is 9.59 Å². The van der Waals surface area contributed by atoms with Crippen LogP contribution in [0.25, 0.3) is 0 Å². The van der Waals surface area contributed by atoms with Crippen LogP contribution in [-0.4, -0.2) is 65.5 Å². The lowest BCUT2D eigenvalue weighted by Crippen LogP contribution is -2.54. The third-order valence-corrected chi connectivity index (χ3v) is 7.15. The molecular weight excluding hydrogens is 450 g/mol. The van der Waals surface area contributed by atoms with E-state index < -0.39 is 6.04 Å². The van der Waals surface area contributed by atoms with E-state index in [-0.39, 0.29) is 29.8 Å². The Balaban J connectivity index is 1.63. The molecule has 7 nitrogen and oxygen atoms in total. The lowest BCUT2D eigenvalue weighted by molar-refractivity contribution is -0.140. The molecule has 2 aliphatic rings. The lowest BCUT2D eigenvalue weighted by Gasteiger charge is -2.39. The average Bonchev–Trinajstić information content (AvgIpc) is 3.26. The quantitative estimate of drug-likeness (QED) is 0.468. The number of nitrogens with two attached hydrogens (primary N) is 1. The first-order valence-electron chi connectivity index (χ1n) is 12.9. The maximum absolute atomic E-state index is 13.2. The summed E-state index contributed by atoms with van der Waals surface area (Å²) in [4.78, 5) is 28.5. The van der Waals surface area contributed by atoms with Gasteiger partial charge in [-0.05, 0) is 50.3 Å². The summed E-state index contributed by atoms with van der Waals surface area (Å²) in [5, 5.41) is 5.97. The highest BCUT2D eigenvalue weighted by Crippen LogP contribution is 2.28. The number of nitrogens with one attached hydrogen (secondary N) is 2. The summed E-state index contributed by atoms with van der Waals surface area (Å²) in [6.07, 6.45) is 7.25. The van der Waals surface area contributed by atoms with Crippen molar-refractivity contribution >= 4 is 23.4 Å². The van der Waals surface area contributed by atoms with Crippen LogP contribution in [0.4, 0.5) is 0 Å². The number of hydrogen-bond acceptors (Lipinski definition) is 5. The van der Waals surface area contributed by atoms with Crippen LogP contribution in [0.1, 0.15) is 64.9 Å². The van der Waals surface area contributed by atoms with E-state index in [0.29, 0.717) is 30.6 Å². The van der Waals surface area contributed by atoms with Gasteiger partial charge in [-0.25, -0.2) is 5.01 Å². The van der Waals surface area contributed by atoms with Gasteiger partial charge in [0, 0.05) is 48.7 Å². The predicted molar refractivity (Wildman–Crippen MR) is 137 cm³/mol. The van der Waals surface area contributed by atoms with Gasteiger partial charge < -0.3 is 16.0 Å². The predicted octanol–water partition coefficient (Wildman–Crippen LogP) is 3.11. The van der Waals surface area contributed by atoms with Gasteiger partial charge in [0.2, 0.25) is 5.91 Å². The number of carbonyl (C=O) groups excluding carboxylic acids is 2. The van der Waals surface area contributed by atoms with Crippen molar-refractivity contribution in [3.63, 3.8) is 0 Å². The highest BCUT2D eigenvalue weighted by molar-refractivity contribution is 6.30. The van der Waals surface area contributed by atoms with E-state index >= 15 is 0 Å². The summed E-state index contributed by atoms with van der Waals surface area (Å²) in [5.41, 5.74) is 10.1. The number of hydrazine groups is 1. The van der Waals surface area contributed by atoms with Gasteiger partial charge in [-0.15, -0.1) is 0 Å². The fourth-order valence-electron chi connectivity index (χ4n) is 5.06. The molecule has 2 amide bonds. The summed E-state index contributed by atoms with van der Waals surface area (Å²) >= 11 is 6.02. The van der Waals surface area contributed by atoms with Crippen molar-refractivity contribution < 1.29 is 9.59 Å². The molecule has 0 bridgehead atoms. The van der Waals surface area contributed by atoms with Gasteiger partial charge in [0.05, 0.1) is 6.04 Å². The molecule has 1 unspecified atom stereocenters. The number of hydrogen-bond donors (Lipinski definition) is 3. The van der Waals surface area contributed by atoms with Crippen molar-refractivity contribution in [3.8, 4) is 0 Å². The van der Waals surface area contributed by atoms with Crippen molar-refractivity contribution in [2.45, 2.75) is 89.9 Å². The van der Waals surface area contributed by atoms with E-state index in [1.54, 1.807) is 0 Å². The molecule has 0 aromatic heterocycles. The second kappa shape index (κ2) is 12.9. The first kappa shape index (κ1) is 26.9. The van der Waals surface area contributed by atoms with Crippen LogP contribution in [0.2, 0.25) is 5.02 Å². The van der Waals surface area contributed by atoms with Gasteiger partial charge in [-0.3, -0.25) is 15.0 Å². The summed E-state index contributed by atoms with van der Waals surface area (Å²) in [6, 6.07) is 7.59. The van der Waals surface area contributed by atoms with Crippen molar-refractivity contribution in [2.75, 3.05) is 19.6 Å². The molecule has 8 heteroatoms. The van der Waals surface area contributed by atoms with Gasteiger partial charge >= 0.3 is 0 Å². The fraction of sp³-hybridized carbons (Fsp3) is 0.692. The molecule has 34 heavy (non-hydrogen) atoms. The molecule has 0 radical (unpaired) electrons. The van der Waals surface area contributed by atoms with E-state index in [2.05, 4.69) is 15.6 Å². The Bertz CT molecular complexity index is 795. The van der Waals surface area contributed by atoms with Gasteiger partial charge in [0.15, 0.2) is 0 Å². The minimum absolute atomic E-state index is 0.0169. The molecule has 1 heterocycles. The molecular formula is C26H42ClN5O2. The third-order valence-electron chi connectivity index (χ3n) is 6.90. The highest BCUT2D eigenvalue weighted by atomic mass is 35.5. The molecule has 1 saturated carbocycles. The third kappa shape index (κ3) is 7.67. The number of benzene rings is 1. The molecule has 190 valence electrons. The maximum atomic E-state index is 13.2. The normalized spacial score (nSPS) is 21.4. The van der Waals surface area contributed by atoms with E-state index in [4.69, 9.17) is 17.3 Å². The highest BCUT2D eigenvalue weighted by Gasteiger charge is 2.37. The SMILES string of the molecule is CC(N)CN[C@H](Cc1ccc(Cl)cc1)C(=O)NN1CC[C@H](N(C(=O)C(C)C)C2CCCCC2)C1. The van der Waals surface area contributed by atoms with Crippen molar-refractivity contribution in [1.82, 2.24) is 20.7 Å². The zero-order chi connectivity index (χ0) is 24.7. The molecule has 2 fully saturated rings. The lowest BCUT2D eigenvalue weighted by atomic mass is 9.92. The number of halogens is 1. The van der Waals surface area contributed by atoms with E-state index in [1.165, 1.54) is 19.3 Å². The molecule has 1 aliphatic heterocycles. The Morgan fingerprint density at radius 2 is 1.76 bits per heavy atom. The molecule has 1 aromatic rings. The van der Waals surface area contributed by atoms with Crippen molar-refractivity contribution in [3.05, 3.63) is 34.9 Å². The van der Waals surface area contributed by atoms with Crippen molar-refractivity contribution in [2.24, 2.45) is 11.7 Å². The van der Waals surface area contributed by atoms with Crippen LogP contribution in [0.3, 0.4) is 0 Å². The summed E-state index contributed by atoms with van der Waals surface area (Å²) < 4.78 is 0. The van der Waals surface area contributed by atoms with Crippen LogP contribution in [0.15, 0.2) is 24.3 Å². The molecule has 3 atom stereocenters. The van der Waals surface area contributed by atoms with Crippen molar-refractivity contribution in [1.29, 1.82) is 0 Å². The zero-order valence-corrected chi connectivity index (χ0v) is 21.7. The minimum Gasteiger partial charge on any atom is -0.335 e. The van der Waals surface area contributed by atoms with Gasteiger partial charge in [0.1, 0.15) is 0 Å². The first-order chi connectivity index (χ1) is 16.2. The van der Waals surface area contributed by atoms with Crippen LogP contribution in [-0.2, 0) is 16.0 Å². The van der Waals surface area contributed by atoms with E-state index in [1.807, 2.05) is 50.0 Å². The van der Waals surface area contributed by atoms with E-state index in [0.717, 1.165) is 31.4 Å². The number of carbonyl (C=O) groups is 2. The molecule has 3 rings (SSSR count).